The molecule has 0 bridgehead atoms. The van der Waals surface area contributed by atoms with E-state index in [9.17, 15) is 9.90 Å². The summed E-state index contributed by atoms with van der Waals surface area (Å²) >= 11 is 0. The second-order valence-electron chi connectivity index (χ2n) is 14.2. The third kappa shape index (κ3) is 8.16. The first kappa shape index (κ1) is 32.8. The lowest BCUT2D eigenvalue weighted by Crippen LogP contribution is -2.46. The Kier molecular flexibility index (Phi) is 12.0. The minimum Gasteiger partial charge on any atom is -0.489 e. The number of aliphatic hydroxyl groups is 1. The van der Waals surface area contributed by atoms with Crippen LogP contribution in [0.25, 0.3) is 0 Å². The number of allylic oxidation sites excluding steroid dienone is 2. The first-order chi connectivity index (χ1) is 21.5. The molecule has 3 aliphatic rings. The fraction of sp³-hybridized carbons (Fsp3) is 0.625. The maximum absolute atomic E-state index is 11.9. The average molecular weight is 600 g/mol. The van der Waals surface area contributed by atoms with Crippen molar-refractivity contribution < 1.29 is 14.6 Å². The van der Waals surface area contributed by atoms with Crippen LogP contribution in [0.15, 0.2) is 60.7 Å². The molecule has 4 heteroatoms. The Morgan fingerprint density at radius 2 is 1.82 bits per heavy atom. The normalized spacial score (nSPS) is 27.5. The van der Waals surface area contributed by atoms with Gasteiger partial charge in [0.15, 0.2) is 0 Å². The third-order valence-electron chi connectivity index (χ3n) is 11.3. The number of unbranched alkanes of at least 4 members (excludes halogenated alkanes) is 7. The van der Waals surface area contributed by atoms with Crippen LogP contribution in [0.2, 0.25) is 0 Å². The molecule has 240 valence electrons. The van der Waals surface area contributed by atoms with Gasteiger partial charge in [0.05, 0.1) is 6.10 Å². The molecule has 6 atom stereocenters. The summed E-state index contributed by atoms with van der Waals surface area (Å²) in [5.41, 5.74) is 4.26. The van der Waals surface area contributed by atoms with Gasteiger partial charge in [0.1, 0.15) is 12.4 Å². The van der Waals surface area contributed by atoms with Gasteiger partial charge in [0, 0.05) is 13.0 Å². The molecule has 0 aliphatic heterocycles. The minimum atomic E-state index is -0.150. The van der Waals surface area contributed by atoms with E-state index in [1.807, 2.05) is 6.07 Å². The number of benzene rings is 2. The number of fused-ring (bicyclic) bond motifs is 5. The average Bonchev–Trinajstić information content (AvgIpc) is 3.34. The van der Waals surface area contributed by atoms with Gasteiger partial charge in [-0.2, -0.15) is 0 Å². The first-order valence-electron chi connectivity index (χ1n) is 17.9. The van der Waals surface area contributed by atoms with Gasteiger partial charge in [-0.25, -0.2) is 0 Å². The molecule has 0 aromatic heterocycles. The van der Waals surface area contributed by atoms with E-state index in [0.717, 1.165) is 70.1 Å². The summed E-state index contributed by atoms with van der Waals surface area (Å²) < 4.78 is 6.25. The van der Waals surface area contributed by atoms with Crippen molar-refractivity contribution in [2.45, 2.75) is 129 Å². The Morgan fingerprint density at radius 1 is 1.00 bits per heavy atom. The molecular weight excluding hydrogens is 542 g/mol. The van der Waals surface area contributed by atoms with E-state index in [-0.39, 0.29) is 17.4 Å². The fourth-order valence-electron chi connectivity index (χ4n) is 8.71. The van der Waals surface area contributed by atoms with Crippen LogP contribution in [0.1, 0.15) is 126 Å². The van der Waals surface area contributed by atoms with Crippen LogP contribution in [0.5, 0.6) is 5.75 Å². The molecule has 0 spiro atoms. The van der Waals surface area contributed by atoms with Gasteiger partial charge in [0.2, 0.25) is 5.91 Å². The Hall–Kier alpha value is -2.59. The van der Waals surface area contributed by atoms with Crippen LogP contribution in [-0.2, 0) is 17.8 Å². The molecule has 2 aromatic carbocycles. The number of rotatable bonds is 16. The van der Waals surface area contributed by atoms with E-state index in [2.05, 4.69) is 73.8 Å². The largest absolute Gasteiger partial charge is 0.489 e. The van der Waals surface area contributed by atoms with Crippen LogP contribution in [-0.4, -0.2) is 23.7 Å². The van der Waals surface area contributed by atoms with Gasteiger partial charge in [0.25, 0.3) is 0 Å². The predicted octanol–water partition coefficient (Wildman–Crippen LogP) is 9.30. The number of hydrogen-bond acceptors (Lipinski definition) is 3. The van der Waals surface area contributed by atoms with E-state index in [4.69, 9.17) is 4.74 Å². The molecule has 2 N–H and O–H groups in total. The lowest BCUT2D eigenvalue weighted by molar-refractivity contribution is -0.121. The van der Waals surface area contributed by atoms with Crippen molar-refractivity contribution in [1.29, 1.82) is 0 Å². The lowest BCUT2D eigenvalue weighted by Gasteiger charge is -2.52. The zero-order valence-electron chi connectivity index (χ0n) is 27.4. The van der Waals surface area contributed by atoms with E-state index in [1.54, 1.807) is 0 Å². The van der Waals surface area contributed by atoms with E-state index < -0.39 is 0 Å². The van der Waals surface area contributed by atoms with Gasteiger partial charge < -0.3 is 15.2 Å². The van der Waals surface area contributed by atoms with Crippen molar-refractivity contribution in [3.63, 3.8) is 0 Å². The topological polar surface area (TPSA) is 58.6 Å². The molecule has 4 nitrogen and oxygen atoms in total. The van der Waals surface area contributed by atoms with Crippen molar-refractivity contribution in [3.05, 3.63) is 77.4 Å². The summed E-state index contributed by atoms with van der Waals surface area (Å²) in [6.07, 6.45) is 21.5. The monoisotopic (exact) mass is 599 g/mol. The molecule has 0 radical (unpaired) electrons. The highest BCUT2D eigenvalue weighted by molar-refractivity contribution is 5.75. The van der Waals surface area contributed by atoms with Crippen molar-refractivity contribution in [1.82, 2.24) is 5.32 Å². The maximum Gasteiger partial charge on any atom is 0.219 e. The number of nitrogens with one attached hydrogen (secondary N) is 1. The van der Waals surface area contributed by atoms with Crippen LogP contribution in [0.3, 0.4) is 0 Å². The standard InChI is InChI=1S/C40H57NO3/c1-3-4-11-19-38(43)41-26-15-9-7-5-6-8-14-18-31-27-32-28-33(44-29-30-16-12-10-13-17-30)20-21-34(32)35-24-25-40(2)36(39(31)35)22-23-37(40)42/h10,12-14,16-18,20-21,28,31,35-37,39,42H,3-9,11,15,19,22-27,29H2,1-2H3,(H,41,43)/t31-,35?,36?,37+,39?,40+/m1/s1. The number of aliphatic hydroxyl groups excluding tert-OH is 1. The van der Waals surface area contributed by atoms with Gasteiger partial charge in [-0.15, -0.1) is 0 Å². The van der Waals surface area contributed by atoms with Crippen LogP contribution in [0.4, 0.5) is 0 Å². The molecule has 2 saturated carbocycles. The van der Waals surface area contributed by atoms with Crippen molar-refractivity contribution in [2.24, 2.45) is 23.2 Å². The number of amides is 1. The number of carbonyl (C=O) groups is 1. The first-order valence-corrected chi connectivity index (χ1v) is 17.9. The smallest absolute Gasteiger partial charge is 0.219 e. The molecule has 5 rings (SSSR count). The van der Waals surface area contributed by atoms with Crippen LogP contribution < -0.4 is 10.1 Å². The Balaban J connectivity index is 1.14. The number of ether oxygens (including phenoxy) is 1. The van der Waals surface area contributed by atoms with Gasteiger partial charge in [-0.05, 0) is 116 Å². The van der Waals surface area contributed by atoms with E-state index in [0.29, 0.717) is 36.7 Å². The maximum atomic E-state index is 11.9. The van der Waals surface area contributed by atoms with Crippen LogP contribution in [0, 0.1) is 23.2 Å². The Morgan fingerprint density at radius 3 is 2.66 bits per heavy atom. The third-order valence-corrected chi connectivity index (χ3v) is 11.3. The van der Waals surface area contributed by atoms with Crippen molar-refractivity contribution in [2.75, 3.05) is 6.54 Å². The molecule has 0 heterocycles. The highest BCUT2D eigenvalue weighted by Crippen LogP contribution is 2.62. The minimum absolute atomic E-state index is 0.0679. The molecule has 3 aliphatic carbocycles. The number of hydrogen-bond donors (Lipinski definition) is 2. The molecule has 3 unspecified atom stereocenters. The van der Waals surface area contributed by atoms with Crippen molar-refractivity contribution in [3.8, 4) is 5.75 Å². The van der Waals surface area contributed by atoms with Gasteiger partial charge in [-0.3, -0.25) is 4.79 Å². The molecular formula is C40H57NO3. The summed E-state index contributed by atoms with van der Waals surface area (Å²) in [6.45, 7) is 5.97. The summed E-state index contributed by atoms with van der Waals surface area (Å²) in [5, 5.41) is 14.1. The Labute approximate surface area is 267 Å². The summed E-state index contributed by atoms with van der Waals surface area (Å²) in [6, 6.07) is 17.3. The molecule has 2 fully saturated rings. The summed E-state index contributed by atoms with van der Waals surface area (Å²) in [5.74, 6) is 3.50. The fourth-order valence-corrected chi connectivity index (χ4v) is 8.71. The number of carbonyl (C=O) groups excluding carboxylic acids is 1. The van der Waals surface area contributed by atoms with Crippen molar-refractivity contribution >= 4 is 5.91 Å². The molecule has 1 amide bonds. The van der Waals surface area contributed by atoms with Gasteiger partial charge in [-0.1, -0.05) is 94.5 Å². The van der Waals surface area contributed by atoms with Crippen LogP contribution >= 0.6 is 0 Å². The van der Waals surface area contributed by atoms with E-state index >= 15 is 0 Å². The quantitative estimate of drug-likeness (QED) is 0.149. The zero-order chi connectivity index (χ0) is 30.8. The summed E-state index contributed by atoms with van der Waals surface area (Å²) in [4.78, 5) is 11.9. The highest BCUT2D eigenvalue weighted by Gasteiger charge is 2.56. The second kappa shape index (κ2) is 16.1. The molecule has 0 saturated heterocycles. The molecule has 44 heavy (non-hydrogen) atoms. The highest BCUT2D eigenvalue weighted by atomic mass is 16.5. The second-order valence-corrected chi connectivity index (χ2v) is 14.2. The predicted molar refractivity (Wildman–Crippen MR) is 181 cm³/mol. The summed E-state index contributed by atoms with van der Waals surface area (Å²) in [7, 11) is 0. The van der Waals surface area contributed by atoms with Gasteiger partial charge >= 0.3 is 0 Å². The molecule has 2 aromatic rings. The SMILES string of the molecule is CCCCCC(=O)NCCCCCCCC=C[C@@H]1Cc2cc(OCc3ccccc3)ccc2C2CC[C@@]3(C)C(CC[C@@H]3O)C21. The van der Waals surface area contributed by atoms with E-state index in [1.165, 1.54) is 48.8 Å². The Bertz CT molecular complexity index is 1210. The zero-order valence-corrected chi connectivity index (χ0v) is 27.4. The lowest BCUT2D eigenvalue weighted by atomic mass is 9.52.